The van der Waals surface area contributed by atoms with Gasteiger partial charge in [0, 0.05) is 10.4 Å². The van der Waals surface area contributed by atoms with E-state index in [9.17, 15) is 8.42 Å². The largest absolute Gasteiger partial charge is 0.296 e. The number of rotatable bonds is 2. The molecule has 2 aromatic rings. The third-order valence-corrected chi connectivity index (χ3v) is 3.91. The van der Waals surface area contributed by atoms with Crippen LogP contribution in [-0.2, 0) is 14.3 Å². The standard InChI is InChI=1S/C11H9ClO3S/c1-15-16(13,14)9-5-6-10-8(7-9)3-2-4-11(10)12/h2-7H,1H3. The molecule has 0 atom stereocenters. The highest BCUT2D eigenvalue weighted by molar-refractivity contribution is 7.86. The van der Waals surface area contributed by atoms with Crippen molar-refractivity contribution >= 4 is 32.5 Å². The van der Waals surface area contributed by atoms with Gasteiger partial charge in [-0.3, -0.25) is 4.18 Å². The predicted octanol–water partition coefficient (Wildman–Crippen LogP) is 2.83. The van der Waals surface area contributed by atoms with Gasteiger partial charge < -0.3 is 0 Å². The van der Waals surface area contributed by atoms with Gasteiger partial charge in [-0.05, 0) is 23.6 Å². The maximum atomic E-state index is 11.5. The summed E-state index contributed by atoms with van der Waals surface area (Å²) in [7, 11) is -2.51. The lowest BCUT2D eigenvalue weighted by Crippen LogP contribution is -2.02. The van der Waals surface area contributed by atoms with Crippen molar-refractivity contribution in [2.45, 2.75) is 4.90 Å². The fraction of sp³-hybridized carbons (Fsp3) is 0.0909. The summed E-state index contributed by atoms with van der Waals surface area (Å²) in [5, 5.41) is 2.18. The molecule has 5 heteroatoms. The average molecular weight is 257 g/mol. The third kappa shape index (κ3) is 1.91. The SMILES string of the molecule is COS(=O)(=O)c1ccc2c(Cl)cccc2c1. The van der Waals surface area contributed by atoms with Crippen LogP contribution in [0.2, 0.25) is 5.02 Å². The van der Waals surface area contributed by atoms with Crippen LogP contribution in [-0.4, -0.2) is 15.5 Å². The quantitative estimate of drug-likeness (QED) is 0.776. The van der Waals surface area contributed by atoms with Gasteiger partial charge in [-0.1, -0.05) is 29.8 Å². The minimum absolute atomic E-state index is 0.129. The first kappa shape index (κ1) is 11.4. The molecule has 0 aliphatic rings. The molecule has 0 spiro atoms. The normalized spacial score (nSPS) is 11.9. The zero-order valence-corrected chi connectivity index (χ0v) is 10.0. The summed E-state index contributed by atoms with van der Waals surface area (Å²) >= 11 is 5.98. The molecule has 2 rings (SSSR count). The Morgan fingerprint density at radius 1 is 1.19 bits per heavy atom. The van der Waals surface area contributed by atoms with Crippen molar-refractivity contribution in [2.75, 3.05) is 7.11 Å². The van der Waals surface area contributed by atoms with E-state index in [0.29, 0.717) is 5.02 Å². The topological polar surface area (TPSA) is 43.4 Å². The van der Waals surface area contributed by atoms with E-state index >= 15 is 0 Å². The van der Waals surface area contributed by atoms with Gasteiger partial charge in [-0.2, -0.15) is 8.42 Å². The highest BCUT2D eigenvalue weighted by Gasteiger charge is 2.13. The molecule has 16 heavy (non-hydrogen) atoms. The van der Waals surface area contributed by atoms with Crippen LogP contribution >= 0.6 is 11.6 Å². The fourth-order valence-corrected chi connectivity index (χ4v) is 2.42. The van der Waals surface area contributed by atoms with E-state index in [0.717, 1.165) is 17.9 Å². The molecular weight excluding hydrogens is 248 g/mol. The smallest absolute Gasteiger partial charge is 0.270 e. The van der Waals surface area contributed by atoms with E-state index in [-0.39, 0.29) is 4.90 Å². The first-order valence-corrected chi connectivity index (χ1v) is 6.32. The Morgan fingerprint density at radius 2 is 1.94 bits per heavy atom. The van der Waals surface area contributed by atoms with Crippen molar-refractivity contribution in [2.24, 2.45) is 0 Å². The van der Waals surface area contributed by atoms with Gasteiger partial charge in [0.1, 0.15) is 0 Å². The summed E-state index contributed by atoms with van der Waals surface area (Å²) in [6.07, 6.45) is 0. The van der Waals surface area contributed by atoms with Crippen molar-refractivity contribution in [1.29, 1.82) is 0 Å². The lowest BCUT2D eigenvalue weighted by Gasteiger charge is -2.04. The summed E-state index contributed by atoms with van der Waals surface area (Å²) in [5.41, 5.74) is 0. The van der Waals surface area contributed by atoms with Crippen LogP contribution in [0.15, 0.2) is 41.3 Å². The highest BCUT2D eigenvalue weighted by atomic mass is 35.5. The highest BCUT2D eigenvalue weighted by Crippen LogP contribution is 2.26. The molecule has 0 radical (unpaired) electrons. The lowest BCUT2D eigenvalue weighted by molar-refractivity contribution is 0.398. The van der Waals surface area contributed by atoms with E-state index in [4.69, 9.17) is 11.6 Å². The number of hydrogen-bond donors (Lipinski definition) is 0. The van der Waals surface area contributed by atoms with Crippen LogP contribution < -0.4 is 0 Å². The number of halogens is 1. The van der Waals surface area contributed by atoms with Crippen LogP contribution in [0.25, 0.3) is 10.8 Å². The van der Waals surface area contributed by atoms with Crippen molar-refractivity contribution < 1.29 is 12.6 Å². The molecule has 0 bridgehead atoms. The monoisotopic (exact) mass is 256 g/mol. The predicted molar refractivity (Wildman–Crippen MR) is 63.2 cm³/mol. The van der Waals surface area contributed by atoms with Gasteiger partial charge in [-0.15, -0.1) is 0 Å². The second kappa shape index (κ2) is 4.05. The van der Waals surface area contributed by atoms with Gasteiger partial charge in [0.15, 0.2) is 0 Å². The van der Waals surface area contributed by atoms with Crippen molar-refractivity contribution in [3.63, 3.8) is 0 Å². The Balaban J connectivity index is 2.71. The summed E-state index contributed by atoms with van der Waals surface area (Å²) in [5.74, 6) is 0. The maximum absolute atomic E-state index is 11.5. The Morgan fingerprint density at radius 3 is 2.62 bits per heavy atom. The molecular formula is C11H9ClO3S. The second-order valence-electron chi connectivity index (χ2n) is 3.24. The Kier molecular flexibility index (Phi) is 2.88. The van der Waals surface area contributed by atoms with E-state index in [1.54, 1.807) is 30.3 Å². The van der Waals surface area contributed by atoms with E-state index in [2.05, 4.69) is 4.18 Å². The van der Waals surface area contributed by atoms with E-state index in [1.165, 1.54) is 6.07 Å². The first-order valence-electron chi connectivity index (χ1n) is 4.53. The molecule has 0 fully saturated rings. The van der Waals surface area contributed by atoms with Gasteiger partial charge in [0.2, 0.25) is 0 Å². The zero-order chi connectivity index (χ0) is 11.8. The summed E-state index contributed by atoms with van der Waals surface area (Å²) in [6, 6.07) is 10.0. The van der Waals surface area contributed by atoms with Crippen molar-refractivity contribution in [1.82, 2.24) is 0 Å². The maximum Gasteiger partial charge on any atom is 0.296 e. The van der Waals surface area contributed by atoms with Crippen molar-refractivity contribution in [3.05, 3.63) is 41.4 Å². The molecule has 0 aliphatic heterocycles. The molecule has 0 aliphatic carbocycles. The lowest BCUT2D eigenvalue weighted by atomic mass is 10.1. The molecule has 3 nitrogen and oxygen atoms in total. The summed E-state index contributed by atoms with van der Waals surface area (Å²) < 4.78 is 27.4. The van der Waals surface area contributed by atoms with Crippen LogP contribution in [0.1, 0.15) is 0 Å². The molecule has 0 aromatic heterocycles. The molecule has 0 saturated carbocycles. The Labute approximate surface area is 98.7 Å². The van der Waals surface area contributed by atoms with Crippen LogP contribution in [0.4, 0.5) is 0 Å². The minimum atomic E-state index is -3.65. The average Bonchev–Trinajstić information content (AvgIpc) is 2.29. The van der Waals surface area contributed by atoms with Gasteiger partial charge >= 0.3 is 0 Å². The third-order valence-electron chi connectivity index (χ3n) is 2.31. The summed E-state index contributed by atoms with van der Waals surface area (Å²) in [4.78, 5) is 0.129. The summed E-state index contributed by atoms with van der Waals surface area (Å²) in [6.45, 7) is 0. The molecule has 84 valence electrons. The Hall–Kier alpha value is -1.10. The molecule has 0 amide bonds. The molecule has 0 N–H and O–H groups in total. The number of benzene rings is 2. The number of hydrogen-bond acceptors (Lipinski definition) is 3. The van der Waals surface area contributed by atoms with Crippen LogP contribution in [0.5, 0.6) is 0 Å². The van der Waals surface area contributed by atoms with E-state index < -0.39 is 10.1 Å². The van der Waals surface area contributed by atoms with Crippen molar-refractivity contribution in [3.8, 4) is 0 Å². The first-order chi connectivity index (χ1) is 7.54. The van der Waals surface area contributed by atoms with Gasteiger partial charge in [0.25, 0.3) is 10.1 Å². The van der Waals surface area contributed by atoms with Crippen LogP contribution in [0.3, 0.4) is 0 Å². The van der Waals surface area contributed by atoms with Crippen LogP contribution in [0, 0.1) is 0 Å². The molecule has 0 unspecified atom stereocenters. The number of fused-ring (bicyclic) bond motifs is 1. The van der Waals surface area contributed by atoms with Gasteiger partial charge in [-0.25, -0.2) is 0 Å². The van der Waals surface area contributed by atoms with Gasteiger partial charge in [0.05, 0.1) is 12.0 Å². The molecule has 0 saturated heterocycles. The Bertz CT molecular complexity index is 635. The minimum Gasteiger partial charge on any atom is -0.270 e. The van der Waals surface area contributed by atoms with E-state index in [1.807, 2.05) is 0 Å². The zero-order valence-electron chi connectivity index (χ0n) is 8.48. The fourth-order valence-electron chi connectivity index (χ4n) is 1.47. The molecule has 2 aromatic carbocycles. The second-order valence-corrected chi connectivity index (χ2v) is 5.36. The molecule has 0 heterocycles.